The molecule has 8 heteroatoms. The van der Waals surface area contributed by atoms with Gasteiger partial charge in [-0.25, -0.2) is 0 Å². The molecule has 2 bridgehead atoms. The molecule has 5 atom stereocenters. The van der Waals surface area contributed by atoms with E-state index in [1.54, 1.807) is 6.08 Å². The van der Waals surface area contributed by atoms with Gasteiger partial charge in [-0.05, 0) is 38.1 Å². The normalized spacial score (nSPS) is 33.7. The number of piperidine rings is 1. The third kappa shape index (κ3) is 2.58. The highest BCUT2D eigenvalue weighted by atomic mass is 16.6. The van der Waals surface area contributed by atoms with Crippen LogP contribution < -0.4 is 4.74 Å². The number of rotatable bonds is 5. The van der Waals surface area contributed by atoms with Gasteiger partial charge < -0.3 is 29.7 Å². The Morgan fingerprint density at radius 3 is 2.87 bits per heavy atom. The van der Waals surface area contributed by atoms with E-state index < -0.39 is 35.0 Å². The molecule has 3 N–H and O–H groups in total. The first-order valence-electron chi connectivity index (χ1n) is 10.7. The number of nitrogens with zero attached hydrogens (tertiary/aromatic N) is 1. The smallest absolute Gasteiger partial charge is 0.314 e. The Bertz CT molecular complexity index is 1000. The molecule has 4 aliphatic rings. The third-order valence-corrected chi connectivity index (χ3v) is 7.73. The van der Waals surface area contributed by atoms with Crippen molar-refractivity contribution in [2.75, 3.05) is 13.6 Å². The number of aliphatic hydroxyl groups is 2. The van der Waals surface area contributed by atoms with Crippen LogP contribution in [0.4, 0.5) is 0 Å². The van der Waals surface area contributed by atoms with Crippen LogP contribution in [0.15, 0.2) is 24.0 Å². The van der Waals surface area contributed by atoms with Crippen LogP contribution in [0.3, 0.4) is 0 Å². The van der Waals surface area contributed by atoms with Gasteiger partial charge in [0.1, 0.15) is 11.5 Å². The van der Waals surface area contributed by atoms with Gasteiger partial charge in [0.15, 0.2) is 6.10 Å². The van der Waals surface area contributed by atoms with Crippen molar-refractivity contribution in [2.24, 2.45) is 5.92 Å². The number of hydrogen-bond donors (Lipinski definition) is 3. The summed E-state index contributed by atoms with van der Waals surface area (Å²) in [4.78, 5) is 25.8. The highest BCUT2D eigenvalue weighted by Crippen LogP contribution is 2.64. The molecule has 1 fully saturated rings. The molecule has 5 rings (SSSR count). The quantitative estimate of drug-likeness (QED) is 0.596. The fourth-order valence-electron chi connectivity index (χ4n) is 6.19. The number of carboxylic acids is 1. The Morgan fingerprint density at radius 1 is 1.39 bits per heavy atom. The minimum Gasteiger partial charge on any atom is -0.481 e. The summed E-state index contributed by atoms with van der Waals surface area (Å²) in [5, 5.41) is 31.0. The minimum atomic E-state index is -1.10. The van der Waals surface area contributed by atoms with Crippen molar-refractivity contribution in [1.29, 1.82) is 0 Å². The van der Waals surface area contributed by atoms with E-state index in [1.165, 1.54) is 6.92 Å². The fourth-order valence-corrected chi connectivity index (χ4v) is 6.19. The zero-order chi connectivity index (χ0) is 22.1. The molecule has 0 unspecified atom stereocenters. The maximum Gasteiger partial charge on any atom is 0.314 e. The lowest BCUT2D eigenvalue weighted by molar-refractivity contribution is -0.171. The molecule has 1 aromatic rings. The lowest BCUT2D eigenvalue weighted by Crippen LogP contribution is -2.74. The van der Waals surface area contributed by atoms with Crippen LogP contribution in [0.2, 0.25) is 0 Å². The predicted octanol–water partition coefficient (Wildman–Crippen LogP) is 1.11. The fraction of sp³-hybridized carbons (Fsp3) is 0.565. The maximum atomic E-state index is 12.6. The van der Waals surface area contributed by atoms with Crippen molar-refractivity contribution in [1.82, 2.24) is 4.90 Å². The first kappa shape index (κ1) is 20.5. The standard InChI is InChI=1S/C23H27NO7/c1-12(9-17(26)27)21(28)30-15-5-6-23(29)16-10-13-3-4-14(11-25)19-18(13)22(23,20(15)31-19)7-8-24(16)2/h3-5,12,16,20,25,29H,6-11H2,1-2H3,(H,26,27)/t12-,16+,20-,22-,23+/m0/s1. The van der Waals surface area contributed by atoms with Crippen LogP contribution in [-0.4, -0.2) is 63.5 Å². The topological polar surface area (TPSA) is 117 Å². The summed E-state index contributed by atoms with van der Waals surface area (Å²) in [6, 6.07) is 3.75. The summed E-state index contributed by atoms with van der Waals surface area (Å²) in [7, 11) is 2.02. The van der Waals surface area contributed by atoms with Crippen LogP contribution in [0.5, 0.6) is 5.75 Å². The molecule has 0 amide bonds. The predicted molar refractivity (Wildman–Crippen MR) is 108 cm³/mol. The SMILES string of the molecule is C[C@@H](CC(=O)O)C(=O)OC1=CC[C@@]2(O)[C@H]3Cc4ccc(CO)c5c4[C@@]2(CCN3C)[C@H]1O5. The Balaban J connectivity index is 1.61. The number of aliphatic hydroxyl groups excluding tert-OH is 1. The molecule has 0 aromatic heterocycles. The molecular weight excluding hydrogens is 402 g/mol. The van der Waals surface area contributed by atoms with Crippen molar-refractivity contribution < 1.29 is 34.4 Å². The largest absolute Gasteiger partial charge is 0.481 e. The Hall–Kier alpha value is -2.42. The van der Waals surface area contributed by atoms with Gasteiger partial charge in [0.25, 0.3) is 0 Å². The summed E-state index contributed by atoms with van der Waals surface area (Å²) in [6.45, 7) is 2.08. The van der Waals surface area contributed by atoms with Gasteiger partial charge in [0, 0.05) is 23.6 Å². The van der Waals surface area contributed by atoms with E-state index in [0.717, 1.165) is 17.7 Å². The van der Waals surface area contributed by atoms with Crippen LogP contribution in [0.25, 0.3) is 0 Å². The average Bonchev–Trinajstić information content (AvgIpc) is 3.07. The summed E-state index contributed by atoms with van der Waals surface area (Å²) in [5.74, 6) is -1.60. The van der Waals surface area contributed by atoms with Crippen molar-refractivity contribution in [3.63, 3.8) is 0 Å². The van der Waals surface area contributed by atoms with E-state index in [2.05, 4.69) is 4.90 Å². The molecule has 1 spiro atoms. The molecular formula is C23H27NO7. The highest BCUT2D eigenvalue weighted by Gasteiger charge is 2.71. The Kier molecular flexibility index (Phi) is 4.48. The van der Waals surface area contributed by atoms with E-state index in [1.807, 2.05) is 19.2 Å². The summed E-state index contributed by atoms with van der Waals surface area (Å²) in [5.41, 5.74) is 0.782. The molecule has 8 nitrogen and oxygen atoms in total. The van der Waals surface area contributed by atoms with E-state index in [9.17, 15) is 19.8 Å². The molecule has 1 saturated heterocycles. The molecule has 166 valence electrons. The molecule has 2 aliphatic carbocycles. The lowest BCUT2D eigenvalue weighted by atomic mass is 9.50. The first-order chi connectivity index (χ1) is 14.7. The molecule has 31 heavy (non-hydrogen) atoms. The van der Waals surface area contributed by atoms with Gasteiger partial charge in [-0.3, -0.25) is 9.59 Å². The van der Waals surface area contributed by atoms with Gasteiger partial charge in [-0.2, -0.15) is 0 Å². The summed E-state index contributed by atoms with van der Waals surface area (Å²) in [6.07, 6.45) is 2.30. The second-order valence-corrected chi connectivity index (χ2v) is 9.32. The van der Waals surface area contributed by atoms with E-state index in [0.29, 0.717) is 36.3 Å². The minimum absolute atomic E-state index is 0.106. The monoisotopic (exact) mass is 429 g/mol. The lowest BCUT2D eigenvalue weighted by Gasteiger charge is -2.61. The Morgan fingerprint density at radius 2 is 2.16 bits per heavy atom. The van der Waals surface area contributed by atoms with Crippen LogP contribution in [-0.2, 0) is 32.8 Å². The first-order valence-corrected chi connectivity index (χ1v) is 10.7. The second-order valence-electron chi connectivity index (χ2n) is 9.32. The van der Waals surface area contributed by atoms with Crippen molar-refractivity contribution in [2.45, 2.75) is 62.4 Å². The number of ether oxygens (including phenoxy) is 2. The van der Waals surface area contributed by atoms with Gasteiger partial charge in [0.05, 0.1) is 30.0 Å². The number of esters is 1. The molecule has 0 saturated carbocycles. The number of carbonyl (C=O) groups excluding carboxylic acids is 1. The molecule has 0 radical (unpaired) electrons. The molecule has 2 aliphatic heterocycles. The number of aliphatic carboxylic acids is 1. The van der Waals surface area contributed by atoms with Gasteiger partial charge in [0.2, 0.25) is 0 Å². The van der Waals surface area contributed by atoms with Crippen molar-refractivity contribution in [3.05, 3.63) is 40.7 Å². The number of benzene rings is 1. The number of likely N-dealkylation sites (N-methyl/N-ethyl adjacent to an activating group) is 1. The zero-order valence-corrected chi connectivity index (χ0v) is 17.6. The number of likely N-dealkylation sites (tertiary alicyclic amines) is 1. The van der Waals surface area contributed by atoms with Crippen LogP contribution in [0, 0.1) is 5.92 Å². The van der Waals surface area contributed by atoms with Crippen molar-refractivity contribution in [3.8, 4) is 5.75 Å². The van der Waals surface area contributed by atoms with E-state index >= 15 is 0 Å². The highest BCUT2D eigenvalue weighted by molar-refractivity contribution is 5.79. The van der Waals surface area contributed by atoms with E-state index in [-0.39, 0.29) is 19.1 Å². The van der Waals surface area contributed by atoms with Crippen LogP contribution in [0.1, 0.15) is 42.9 Å². The number of carboxylic acid groups (broad SMARTS) is 1. The van der Waals surface area contributed by atoms with Gasteiger partial charge >= 0.3 is 11.9 Å². The second kappa shape index (κ2) is 6.79. The summed E-state index contributed by atoms with van der Waals surface area (Å²) < 4.78 is 12.1. The third-order valence-electron chi connectivity index (χ3n) is 7.73. The summed E-state index contributed by atoms with van der Waals surface area (Å²) >= 11 is 0. The maximum absolute atomic E-state index is 12.6. The number of hydrogen-bond acceptors (Lipinski definition) is 7. The Labute approximate surface area is 180 Å². The zero-order valence-electron chi connectivity index (χ0n) is 17.6. The average molecular weight is 429 g/mol. The van der Waals surface area contributed by atoms with Crippen LogP contribution >= 0.6 is 0 Å². The van der Waals surface area contributed by atoms with Gasteiger partial charge in [-0.1, -0.05) is 19.1 Å². The molecule has 2 heterocycles. The van der Waals surface area contributed by atoms with E-state index in [4.69, 9.17) is 14.6 Å². The molecule has 1 aromatic carbocycles. The number of carbonyl (C=O) groups is 2. The van der Waals surface area contributed by atoms with Crippen molar-refractivity contribution >= 4 is 11.9 Å². The van der Waals surface area contributed by atoms with Gasteiger partial charge in [-0.15, -0.1) is 0 Å².